The third-order valence-corrected chi connectivity index (χ3v) is 3.37. The van der Waals surface area contributed by atoms with E-state index in [2.05, 4.69) is 5.32 Å². The first-order valence-corrected chi connectivity index (χ1v) is 7.87. The van der Waals surface area contributed by atoms with E-state index in [0.29, 0.717) is 0 Å². The summed E-state index contributed by atoms with van der Waals surface area (Å²) in [5, 5.41) is 11.1. The van der Waals surface area contributed by atoms with E-state index in [1.54, 1.807) is 6.92 Å². The number of aliphatic carboxylic acids is 1. The molecule has 0 fully saturated rings. The third kappa shape index (κ3) is 7.56. The number of rotatable bonds is 8. The number of hydrogen-bond acceptors (Lipinski definition) is 5. The van der Waals surface area contributed by atoms with Crippen molar-refractivity contribution < 1.29 is 27.9 Å². The van der Waals surface area contributed by atoms with Gasteiger partial charge in [0.15, 0.2) is 0 Å². The van der Waals surface area contributed by atoms with E-state index < -0.39 is 33.8 Å². The number of primary amides is 1. The summed E-state index contributed by atoms with van der Waals surface area (Å²) in [6.07, 6.45) is 0.715. The molecule has 1 unspecified atom stereocenters. The zero-order chi connectivity index (χ0) is 15.9. The summed E-state index contributed by atoms with van der Waals surface area (Å²) in [5.74, 6) is -2.45. The highest BCUT2D eigenvalue weighted by Crippen LogP contribution is 1.99. The first-order chi connectivity index (χ1) is 9.06. The molecule has 3 amide bonds. The smallest absolute Gasteiger partial charge is 0.326 e. The first kappa shape index (κ1) is 18.2. The molecular formula is C10H19N3O6S. The zero-order valence-electron chi connectivity index (χ0n) is 11.3. The number of amides is 3. The molecule has 10 heteroatoms. The molecule has 116 valence electrons. The minimum Gasteiger partial charge on any atom is -0.480 e. The molecule has 0 radical (unpaired) electrons. The maximum absolute atomic E-state index is 11.7. The van der Waals surface area contributed by atoms with Crippen LogP contribution >= 0.6 is 0 Å². The number of carbonyl (C=O) groups is 3. The van der Waals surface area contributed by atoms with Gasteiger partial charge in [-0.05, 0) is 13.3 Å². The Hall–Kier alpha value is -1.84. The van der Waals surface area contributed by atoms with Crippen LogP contribution in [-0.4, -0.2) is 67.5 Å². The minimum atomic E-state index is -3.34. The maximum Gasteiger partial charge on any atom is 0.326 e. The number of carboxylic acids is 1. The molecule has 0 aliphatic rings. The van der Waals surface area contributed by atoms with Gasteiger partial charge in [-0.2, -0.15) is 0 Å². The monoisotopic (exact) mass is 309 g/mol. The number of hydrogen-bond donors (Lipinski definition) is 3. The van der Waals surface area contributed by atoms with Crippen molar-refractivity contribution in [3.63, 3.8) is 0 Å². The van der Waals surface area contributed by atoms with E-state index in [0.717, 1.165) is 11.2 Å². The van der Waals surface area contributed by atoms with Crippen molar-refractivity contribution in [3.05, 3.63) is 0 Å². The normalized spacial score (nSPS) is 12.5. The molecule has 0 saturated heterocycles. The second kappa shape index (κ2) is 7.68. The van der Waals surface area contributed by atoms with E-state index in [-0.39, 0.29) is 25.3 Å². The zero-order valence-corrected chi connectivity index (χ0v) is 12.1. The van der Waals surface area contributed by atoms with Gasteiger partial charge in [-0.25, -0.2) is 18.0 Å². The molecular weight excluding hydrogens is 290 g/mol. The summed E-state index contributed by atoms with van der Waals surface area (Å²) >= 11 is 0. The SMILES string of the molecule is CCN(CC(N)=O)C(=O)NC(CCS(C)(=O)=O)C(=O)O. The third-order valence-electron chi connectivity index (χ3n) is 2.39. The van der Waals surface area contributed by atoms with Crippen molar-refractivity contribution >= 4 is 27.7 Å². The molecule has 0 bridgehead atoms. The van der Waals surface area contributed by atoms with E-state index in [1.165, 1.54) is 0 Å². The molecule has 0 heterocycles. The van der Waals surface area contributed by atoms with Crippen molar-refractivity contribution in [3.8, 4) is 0 Å². The molecule has 9 nitrogen and oxygen atoms in total. The second-order valence-corrected chi connectivity index (χ2v) is 6.50. The van der Waals surface area contributed by atoms with Gasteiger partial charge in [-0.3, -0.25) is 4.79 Å². The minimum absolute atomic E-state index is 0.160. The number of likely N-dealkylation sites (N-methyl/N-ethyl adjacent to an activating group) is 1. The van der Waals surface area contributed by atoms with E-state index >= 15 is 0 Å². The lowest BCUT2D eigenvalue weighted by atomic mass is 10.2. The van der Waals surface area contributed by atoms with Crippen molar-refractivity contribution in [1.82, 2.24) is 10.2 Å². The predicted octanol–water partition coefficient (Wildman–Crippen LogP) is -1.61. The van der Waals surface area contributed by atoms with Gasteiger partial charge >= 0.3 is 12.0 Å². The summed E-state index contributed by atoms with van der Waals surface area (Å²) in [5.41, 5.74) is 4.96. The van der Waals surface area contributed by atoms with Crippen LogP contribution in [0.1, 0.15) is 13.3 Å². The van der Waals surface area contributed by atoms with Crippen LogP contribution in [0.15, 0.2) is 0 Å². The lowest BCUT2D eigenvalue weighted by Crippen LogP contribution is -2.50. The van der Waals surface area contributed by atoms with Gasteiger partial charge in [0.1, 0.15) is 22.4 Å². The van der Waals surface area contributed by atoms with Crippen LogP contribution in [0.25, 0.3) is 0 Å². The molecule has 0 spiro atoms. The second-order valence-electron chi connectivity index (χ2n) is 4.24. The van der Waals surface area contributed by atoms with Crippen molar-refractivity contribution in [1.29, 1.82) is 0 Å². The molecule has 0 aliphatic heterocycles. The summed E-state index contributed by atoms with van der Waals surface area (Å²) in [4.78, 5) is 34.5. The Bertz CT molecular complexity index is 475. The van der Waals surface area contributed by atoms with Crippen LogP contribution in [0.3, 0.4) is 0 Å². The standard InChI is InChI=1S/C10H19N3O6S/c1-3-13(6-8(11)14)10(17)12-7(9(15)16)4-5-20(2,18)19/h7H,3-6H2,1-2H3,(H2,11,14)(H,12,17)(H,15,16). The van der Waals surface area contributed by atoms with Crippen molar-refractivity contribution in [2.24, 2.45) is 5.73 Å². The molecule has 1 atom stereocenters. The van der Waals surface area contributed by atoms with Gasteiger partial charge in [-0.1, -0.05) is 0 Å². The fraction of sp³-hybridized carbons (Fsp3) is 0.700. The first-order valence-electron chi connectivity index (χ1n) is 5.81. The van der Waals surface area contributed by atoms with Crippen LogP contribution < -0.4 is 11.1 Å². The number of nitrogens with two attached hydrogens (primary N) is 1. The molecule has 0 aromatic rings. The number of urea groups is 1. The van der Waals surface area contributed by atoms with Crippen LogP contribution in [0.4, 0.5) is 4.79 Å². The highest BCUT2D eigenvalue weighted by Gasteiger charge is 2.24. The summed E-state index contributed by atoms with van der Waals surface area (Å²) in [7, 11) is -3.34. The molecule has 4 N–H and O–H groups in total. The van der Waals surface area contributed by atoms with E-state index in [1.807, 2.05) is 0 Å². The number of nitrogens with zero attached hydrogens (tertiary/aromatic N) is 1. The maximum atomic E-state index is 11.7. The summed E-state index contributed by atoms with van der Waals surface area (Å²) in [6.45, 7) is 1.41. The van der Waals surface area contributed by atoms with Gasteiger partial charge in [0, 0.05) is 12.8 Å². The van der Waals surface area contributed by atoms with Gasteiger partial charge in [0.25, 0.3) is 0 Å². The van der Waals surface area contributed by atoms with Gasteiger partial charge in [0.05, 0.1) is 5.75 Å². The Morgan fingerprint density at radius 1 is 1.35 bits per heavy atom. The Balaban J connectivity index is 4.69. The lowest BCUT2D eigenvalue weighted by Gasteiger charge is -2.22. The number of nitrogens with one attached hydrogen (secondary N) is 1. The highest BCUT2D eigenvalue weighted by atomic mass is 32.2. The van der Waals surface area contributed by atoms with Crippen LogP contribution in [-0.2, 0) is 19.4 Å². The molecule has 0 aromatic carbocycles. The molecule has 20 heavy (non-hydrogen) atoms. The largest absolute Gasteiger partial charge is 0.480 e. The van der Waals surface area contributed by atoms with Gasteiger partial charge < -0.3 is 21.1 Å². The fourth-order valence-corrected chi connectivity index (χ4v) is 2.01. The average Bonchev–Trinajstić information content (AvgIpc) is 2.29. The fourth-order valence-electron chi connectivity index (χ4n) is 1.34. The average molecular weight is 309 g/mol. The molecule has 0 aromatic heterocycles. The lowest BCUT2D eigenvalue weighted by molar-refractivity contribution is -0.139. The summed E-state index contributed by atoms with van der Waals surface area (Å²) in [6, 6.07) is -2.13. The van der Waals surface area contributed by atoms with E-state index in [9.17, 15) is 22.8 Å². The van der Waals surface area contributed by atoms with Crippen LogP contribution in [0, 0.1) is 0 Å². The number of sulfone groups is 1. The quantitative estimate of drug-likeness (QED) is 0.491. The van der Waals surface area contributed by atoms with Crippen molar-refractivity contribution in [2.75, 3.05) is 25.1 Å². The summed E-state index contributed by atoms with van der Waals surface area (Å²) < 4.78 is 22.0. The Morgan fingerprint density at radius 3 is 2.25 bits per heavy atom. The van der Waals surface area contributed by atoms with Crippen molar-refractivity contribution in [2.45, 2.75) is 19.4 Å². The van der Waals surface area contributed by atoms with Gasteiger partial charge in [-0.15, -0.1) is 0 Å². The Morgan fingerprint density at radius 2 is 1.90 bits per heavy atom. The highest BCUT2D eigenvalue weighted by molar-refractivity contribution is 7.90. The number of carboxylic acid groups (broad SMARTS) is 1. The molecule has 0 saturated carbocycles. The molecule has 0 rings (SSSR count). The number of carbonyl (C=O) groups excluding carboxylic acids is 2. The van der Waals surface area contributed by atoms with Crippen LogP contribution in [0.5, 0.6) is 0 Å². The van der Waals surface area contributed by atoms with Gasteiger partial charge in [0.2, 0.25) is 5.91 Å². The Kier molecular flexibility index (Phi) is 6.97. The van der Waals surface area contributed by atoms with E-state index in [4.69, 9.17) is 10.8 Å². The van der Waals surface area contributed by atoms with Crippen LogP contribution in [0.2, 0.25) is 0 Å². The molecule has 0 aliphatic carbocycles. The topological polar surface area (TPSA) is 147 Å². The predicted molar refractivity (Wildman–Crippen MR) is 70.7 cm³/mol. The Labute approximate surface area is 117 Å².